The van der Waals surface area contributed by atoms with Crippen LogP contribution in [0.4, 0.5) is 0 Å². The van der Waals surface area contributed by atoms with E-state index in [4.69, 9.17) is 9.52 Å². The number of amides is 3. The van der Waals surface area contributed by atoms with E-state index in [9.17, 15) is 14.4 Å². The van der Waals surface area contributed by atoms with Crippen molar-refractivity contribution in [3.8, 4) is 11.3 Å². The molecule has 2 aliphatic rings. The smallest absolute Gasteiger partial charge is 0.272 e. The summed E-state index contributed by atoms with van der Waals surface area (Å²) < 4.78 is 7.34. The molecule has 0 radical (unpaired) electrons. The molecule has 3 aromatic rings. The van der Waals surface area contributed by atoms with Crippen molar-refractivity contribution in [2.45, 2.75) is 71.4 Å². The number of nitrogens with zero attached hydrogens (tertiary/aromatic N) is 4. The summed E-state index contributed by atoms with van der Waals surface area (Å²) in [7, 11) is 0. The van der Waals surface area contributed by atoms with E-state index in [-0.39, 0.29) is 23.8 Å². The van der Waals surface area contributed by atoms with Gasteiger partial charge in [-0.05, 0) is 56.6 Å². The molecule has 1 unspecified atom stereocenters. The lowest BCUT2D eigenvalue weighted by atomic mass is 9.91. The number of fused-ring (bicyclic) bond motifs is 1. The van der Waals surface area contributed by atoms with Gasteiger partial charge in [-0.15, -0.1) is 0 Å². The van der Waals surface area contributed by atoms with Gasteiger partial charge in [0, 0.05) is 61.0 Å². The Morgan fingerprint density at radius 2 is 1.93 bits per heavy atom. The van der Waals surface area contributed by atoms with Gasteiger partial charge in [-0.2, -0.15) is 5.10 Å². The highest BCUT2D eigenvalue weighted by atomic mass is 16.3. The van der Waals surface area contributed by atoms with Gasteiger partial charge in [0.05, 0.1) is 6.20 Å². The largest absolute Gasteiger partial charge is 0.444 e. The fourth-order valence-electron chi connectivity index (χ4n) is 5.48. The zero-order valence-corrected chi connectivity index (χ0v) is 23.3. The zero-order chi connectivity index (χ0) is 28.1. The fraction of sp³-hybridized carbons (Fsp3) is 0.500. The molecule has 3 heterocycles. The lowest BCUT2D eigenvalue weighted by Crippen LogP contribution is -2.40. The Bertz CT molecular complexity index is 1330. The first-order valence-electron chi connectivity index (χ1n) is 14.3. The number of hydrogen-bond acceptors (Lipinski definition) is 6. The number of oxazole rings is 1. The highest BCUT2D eigenvalue weighted by molar-refractivity contribution is 5.95. The number of carbonyl (C=O) groups excluding carboxylic acids is 3. The molecule has 10 heteroatoms. The van der Waals surface area contributed by atoms with Gasteiger partial charge in [0.1, 0.15) is 0 Å². The zero-order valence-electron chi connectivity index (χ0n) is 23.3. The minimum absolute atomic E-state index is 0.0228. The minimum atomic E-state index is -0.192. The molecule has 2 aromatic heterocycles. The van der Waals surface area contributed by atoms with E-state index in [0.29, 0.717) is 68.3 Å². The highest BCUT2D eigenvalue weighted by Gasteiger charge is 2.30. The van der Waals surface area contributed by atoms with Crippen molar-refractivity contribution < 1.29 is 18.8 Å². The molecule has 1 aliphatic heterocycles. The second-order valence-corrected chi connectivity index (χ2v) is 11.1. The average Bonchev–Trinajstić information content (AvgIpc) is 3.61. The van der Waals surface area contributed by atoms with Gasteiger partial charge < -0.3 is 20.0 Å². The third kappa shape index (κ3) is 6.43. The molecule has 0 fully saturated rings. The lowest BCUT2D eigenvalue weighted by molar-refractivity contribution is -0.122. The Morgan fingerprint density at radius 1 is 1.12 bits per heavy atom. The summed E-state index contributed by atoms with van der Waals surface area (Å²) in [5.74, 6) is 0.854. The molecule has 0 spiro atoms. The van der Waals surface area contributed by atoms with Gasteiger partial charge in [0.25, 0.3) is 11.8 Å². The third-order valence-electron chi connectivity index (χ3n) is 7.70. The first kappa shape index (κ1) is 27.6. The standard InChI is InChI=1S/C30H38N6O4/c1-20(2)12-16-36-25-11-10-23-17-24(25)28(34-36)29(38)32-13-4-15-35(14-3-5-27(37)33-23)30(39)22-8-6-21(7-9-22)26-18-31-19-40-26/h6-9,18-20,23H,3-5,10-17H2,1-2H3,(H,32,38)(H,33,37). The molecule has 212 valence electrons. The number of hydrogen-bond donors (Lipinski definition) is 2. The van der Waals surface area contributed by atoms with Crippen LogP contribution in [0.5, 0.6) is 0 Å². The van der Waals surface area contributed by atoms with E-state index >= 15 is 0 Å². The Kier molecular flexibility index (Phi) is 8.62. The highest BCUT2D eigenvalue weighted by Crippen LogP contribution is 2.26. The van der Waals surface area contributed by atoms with E-state index in [1.165, 1.54) is 6.39 Å². The third-order valence-corrected chi connectivity index (χ3v) is 7.70. The normalized spacial score (nSPS) is 18.6. The van der Waals surface area contributed by atoms with Crippen molar-refractivity contribution >= 4 is 17.7 Å². The van der Waals surface area contributed by atoms with Crippen molar-refractivity contribution in [3.05, 3.63) is 59.4 Å². The summed E-state index contributed by atoms with van der Waals surface area (Å²) in [6, 6.07) is 7.20. The molecule has 2 N–H and O–H groups in total. The van der Waals surface area contributed by atoms with Crippen molar-refractivity contribution in [1.82, 2.24) is 30.3 Å². The van der Waals surface area contributed by atoms with Crippen LogP contribution in [0.25, 0.3) is 11.3 Å². The number of rotatable bonds is 5. The van der Waals surface area contributed by atoms with Crippen LogP contribution in [0, 0.1) is 5.92 Å². The van der Waals surface area contributed by atoms with Crippen LogP contribution >= 0.6 is 0 Å². The molecule has 3 amide bonds. The van der Waals surface area contributed by atoms with Gasteiger partial charge in [0.15, 0.2) is 17.8 Å². The summed E-state index contributed by atoms with van der Waals surface area (Å²) in [4.78, 5) is 45.2. The maximum atomic E-state index is 13.4. The Balaban J connectivity index is 1.30. The fourth-order valence-corrected chi connectivity index (χ4v) is 5.48. The summed E-state index contributed by atoms with van der Waals surface area (Å²) in [5, 5.41) is 10.9. The second-order valence-electron chi connectivity index (χ2n) is 11.1. The number of aromatic nitrogens is 3. The van der Waals surface area contributed by atoms with Crippen LogP contribution < -0.4 is 10.6 Å². The summed E-state index contributed by atoms with van der Waals surface area (Å²) in [5.41, 5.74) is 3.94. The predicted octanol–water partition coefficient (Wildman–Crippen LogP) is 3.61. The summed E-state index contributed by atoms with van der Waals surface area (Å²) in [6.45, 7) is 6.50. The first-order valence-corrected chi connectivity index (χ1v) is 14.3. The molecule has 10 nitrogen and oxygen atoms in total. The topological polar surface area (TPSA) is 122 Å². The van der Waals surface area contributed by atoms with Crippen LogP contribution in [0.15, 0.2) is 41.3 Å². The van der Waals surface area contributed by atoms with Crippen LogP contribution in [-0.4, -0.2) is 63.1 Å². The minimum Gasteiger partial charge on any atom is -0.444 e. The molecular weight excluding hydrogens is 508 g/mol. The van der Waals surface area contributed by atoms with E-state index < -0.39 is 0 Å². The van der Waals surface area contributed by atoms with Crippen LogP contribution in [0.3, 0.4) is 0 Å². The van der Waals surface area contributed by atoms with Crippen molar-refractivity contribution in [2.75, 3.05) is 19.6 Å². The van der Waals surface area contributed by atoms with Gasteiger partial charge in [0.2, 0.25) is 5.91 Å². The van der Waals surface area contributed by atoms with Gasteiger partial charge in [-0.25, -0.2) is 4.98 Å². The van der Waals surface area contributed by atoms with Crippen LogP contribution in [0.2, 0.25) is 0 Å². The monoisotopic (exact) mass is 546 g/mol. The molecule has 1 atom stereocenters. The van der Waals surface area contributed by atoms with E-state index in [1.54, 1.807) is 23.2 Å². The molecule has 40 heavy (non-hydrogen) atoms. The van der Waals surface area contributed by atoms with E-state index in [1.807, 2.05) is 16.8 Å². The number of carbonyl (C=O) groups is 3. The van der Waals surface area contributed by atoms with E-state index in [2.05, 4.69) is 29.5 Å². The maximum absolute atomic E-state index is 13.4. The van der Waals surface area contributed by atoms with Gasteiger partial charge in [-0.3, -0.25) is 19.1 Å². The average molecular weight is 547 g/mol. The van der Waals surface area contributed by atoms with Crippen molar-refractivity contribution in [2.24, 2.45) is 5.92 Å². The predicted molar refractivity (Wildman–Crippen MR) is 150 cm³/mol. The Labute approximate surface area is 234 Å². The molecule has 1 aromatic carbocycles. The quantitative estimate of drug-likeness (QED) is 0.504. The molecule has 0 saturated heterocycles. The van der Waals surface area contributed by atoms with Crippen LogP contribution in [-0.2, 0) is 24.2 Å². The summed E-state index contributed by atoms with van der Waals surface area (Å²) >= 11 is 0. The van der Waals surface area contributed by atoms with Crippen molar-refractivity contribution in [3.63, 3.8) is 0 Å². The molecular formula is C30H38N6O4. The Hall–Kier alpha value is -3.95. The number of benzene rings is 1. The number of nitrogens with one attached hydrogen (secondary N) is 2. The van der Waals surface area contributed by atoms with Crippen LogP contribution in [0.1, 0.15) is 78.1 Å². The SMILES string of the molecule is CC(C)CCn1nc2c3c1CCC(C3)NC(=O)CCCN(C(=O)c1ccc(-c3cnco3)cc1)CCCNC2=O. The second kappa shape index (κ2) is 12.5. The first-order chi connectivity index (χ1) is 19.4. The van der Waals surface area contributed by atoms with Gasteiger partial charge >= 0.3 is 0 Å². The van der Waals surface area contributed by atoms with Crippen molar-refractivity contribution in [1.29, 1.82) is 0 Å². The van der Waals surface area contributed by atoms with E-state index in [0.717, 1.165) is 42.6 Å². The maximum Gasteiger partial charge on any atom is 0.272 e. The molecule has 5 rings (SSSR count). The molecule has 0 saturated carbocycles. The Morgan fingerprint density at radius 3 is 2.67 bits per heavy atom. The van der Waals surface area contributed by atoms with Gasteiger partial charge in [-0.1, -0.05) is 26.0 Å². The molecule has 1 aliphatic carbocycles. The summed E-state index contributed by atoms with van der Waals surface area (Å²) in [6.07, 6.45) is 7.71. The molecule has 2 bridgehead atoms. The number of aryl methyl sites for hydroxylation is 1. The lowest BCUT2D eigenvalue weighted by Gasteiger charge is -2.25.